The van der Waals surface area contributed by atoms with E-state index in [1.165, 1.54) is 17.4 Å². The van der Waals surface area contributed by atoms with Crippen LogP contribution >= 0.6 is 11.3 Å². The topological polar surface area (TPSA) is 26.0 Å². The molecule has 0 aliphatic heterocycles. The molecule has 1 heterocycles. The maximum Gasteiger partial charge on any atom is 0.264 e. The second kappa shape index (κ2) is 3.20. The fourth-order valence-electron chi connectivity index (χ4n) is 1.46. The highest BCUT2D eigenvalue weighted by molar-refractivity contribution is 7.22. The molecular weight excluding hydrogens is 204 g/mol. The number of hydrogen-bond donors (Lipinski definition) is 1. The summed E-state index contributed by atoms with van der Waals surface area (Å²) in [6.45, 7) is 1.69. The van der Waals surface area contributed by atoms with E-state index in [0.717, 1.165) is 10.1 Å². The van der Waals surface area contributed by atoms with Crippen molar-refractivity contribution in [2.75, 3.05) is 5.73 Å². The molecular formula is C10H9F2NS. The third kappa shape index (κ3) is 1.46. The molecule has 0 fully saturated rings. The van der Waals surface area contributed by atoms with E-state index in [2.05, 4.69) is 0 Å². The third-order valence-corrected chi connectivity index (χ3v) is 3.09. The normalized spacial score (nSPS) is 11.4. The number of fused-ring (bicyclic) bond motifs is 1. The van der Waals surface area contributed by atoms with Gasteiger partial charge in [-0.15, -0.1) is 11.3 Å². The molecule has 0 saturated carbocycles. The number of anilines is 1. The van der Waals surface area contributed by atoms with Crippen molar-refractivity contribution in [1.82, 2.24) is 0 Å². The van der Waals surface area contributed by atoms with Gasteiger partial charge < -0.3 is 5.73 Å². The zero-order chi connectivity index (χ0) is 10.3. The van der Waals surface area contributed by atoms with Crippen LogP contribution in [0, 0.1) is 6.92 Å². The van der Waals surface area contributed by atoms with Crippen LogP contribution in [0.4, 0.5) is 13.8 Å². The van der Waals surface area contributed by atoms with Gasteiger partial charge in [0.1, 0.15) is 0 Å². The predicted octanol–water partition coefficient (Wildman–Crippen LogP) is 3.73. The molecule has 2 rings (SSSR count). The Labute approximate surface area is 84.2 Å². The van der Waals surface area contributed by atoms with Crippen LogP contribution < -0.4 is 5.73 Å². The number of nitrogens with two attached hydrogens (primary N) is 1. The van der Waals surface area contributed by atoms with Crippen molar-refractivity contribution in [3.05, 3.63) is 29.3 Å². The van der Waals surface area contributed by atoms with Crippen molar-refractivity contribution >= 4 is 26.4 Å². The molecule has 2 N–H and O–H groups in total. The molecule has 4 heteroatoms. The molecule has 0 aliphatic rings. The van der Waals surface area contributed by atoms with Crippen LogP contribution in [0.5, 0.6) is 0 Å². The average Bonchev–Trinajstić information content (AvgIpc) is 2.42. The van der Waals surface area contributed by atoms with Crippen molar-refractivity contribution in [2.24, 2.45) is 0 Å². The number of alkyl halides is 2. The monoisotopic (exact) mass is 213 g/mol. The minimum Gasteiger partial charge on any atom is -0.391 e. The summed E-state index contributed by atoms with van der Waals surface area (Å²) in [5.74, 6) is 0. The number of benzene rings is 1. The average molecular weight is 213 g/mol. The lowest BCUT2D eigenvalue weighted by Crippen LogP contribution is -1.88. The van der Waals surface area contributed by atoms with Crippen LogP contribution in [0.15, 0.2) is 18.2 Å². The maximum absolute atomic E-state index is 12.5. The summed E-state index contributed by atoms with van der Waals surface area (Å²) in [6.07, 6.45) is -2.42. The van der Waals surface area contributed by atoms with E-state index in [9.17, 15) is 8.78 Å². The summed E-state index contributed by atoms with van der Waals surface area (Å²) < 4.78 is 26.0. The minimum atomic E-state index is -2.42. The first-order valence-electron chi connectivity index (χ1n) is 4.15. The Morgan fingerprint density at radius 1 is 1.29 bits per heavy atom. The summed E-state index contributed by atoms with van der Waals surface area (Å²) in [4.78, 5) is 0. The van der Waals surface area contributed by atoms with Crippen molar-refractivity contribution in [2.45, 2.75) is 13.3 Å². The number of hydrogen-bond acceptors (Lipinski definition) is 2. The van der Waals surface area contributed by atoms with Gasteiger partial charge in [0.25, 0.3) is 6.43 Å². The van der Waals surface area contributed by atoms with Crippen LogP contribution in [0.1, 0.15) is 17.6 Å². The number of aryl methyl sites for hydroxylation is 1. The molecule has 14 heavy (non-hydrogen) atoms. The van der Waals surface area contributed by atoms with Crippen LogP contribution in [0.2, 0.25) is 0 Å². The van der Waals surface area contributed by atoms with E-state index in [4.69, 9.17) is 5.73 Å². The fourth-order valence-corrected chi connectivity index (χ4v) is 2.37. The molecule has 0 aliphatic carbocycles. The van der Waals surface area contributed by atoms with E-state index < -0.39 is 6.43 Å². The molecule has 0 radical (unpaired) electrons. The molecule has 0 spiro atoms. The number of thiophene rings is 1. The lowest BCUT2D eigenvalue weighted by Gasteiger charge is -2.03. The van der Waals surface area contributed by atoms with Crippen molar-refractivity contribution in [3.8, 4) is 0 Å². The molecule has 1 aromatic carbocycles. The largest absolute Gasteiger partial charge is 0.391 e. The van der Waals surface area contributed by atoms with Gasteiger partial charge in [-0.3, -0.25) is 0 Å². The van der Waals surface area contributed by atoms with Crippen molar-refractivity contribution in [1.29, 1.82) is 0 Å². The highest BCUT2D eigenvalue weighted by atomic mass is 32.1. The van der Waals surface area contributed by atoms with Gasteiger partial charge in [0.15, 0.2) is 0 Å². The molecule has 0 atom stereocenters. The van der Waals surface area contributed by atoms with Gasteiger partial charge in [0.2, 0.25) is 0 Å². The Morgan fingerprint density at radius 2 is 2.00 bits per heavy atom. The predicted molar refractivity (Wildman–Crippen MR) is 55.9 cm³/mol. The standard InChI is InChI=1S/C10H9F2NS/c1-5-2-8-6(4-9(13)14-8)3-7(5)10(11)12/h2-4,10H,13H2,1H3. The van der Waals surface area contributed by atoms with Crippen LogP contribution in [0.3, 0.4) is 0 Å². The molecule has 74 valence electrons. The van der Waals surface area contributed by atoms with E-state index in [1.54, 1.807) is 19.1 Å². The van der Waals surface area contributed by atoms with Crippen LogP contribution in [-0.2, 0) is 0 Å². The summed E-state index contributed by atoms with van der Waals surface area (Å²) in [7, 11) is 0. The molecule has 0 unspecified atom stereocenters. The van der Waals surface area contributed by atoms with E-state index in [0.29, 0.717) is 10.6 Å². The molecule has 1 aromatic heterocycles. The summed E-state index contributed by atoms with van der Waals surface area (Å²) in [5, 5.41) is 1.46. The highest BCUT2D eigenvalue weighted by Gasteiger charge is 2.12. The van der Waals surface area contributed by atoms with Crippen molar-refractivity contribution < 1.29 is 8.78 Å². The Bertz CT molecular complexity index is 476. The molecule has 2 aromatic rings. The second-order valence-electron chi connectivity index (χ2n) is 3.20. The fraction of sp³-hybridized carbons (Fsp3) is 0.200. The second-order valence-corrected chi connectivity index (χ2v) is 4.31. The van der Waals surface area contributed by atoms with Gasteiger partial charge in [-0.2, -0.15) is 0 Å². The minimum absolute atomic E-state index is 0.0929. The van der Waals surface area contributed by atoms with Crippen molar-refractivity contribution in [3.63, 3.8) is 0 Å². The van der Waals surface area contributed by atoms with Gasteiger partial charge in [-0.05, 0) is 36.1 Å². The highest BCUT2D eigenvalue weighted by Crippen LogP contribution is 2.33. The lowest BCUT2D eigenvalue weighted by atomic mass is 10.1. The molecule has 0 saturated heterocycles. The van der Waals surface area contributed by atoms with Gasteiger partial charge in [0.05, 0.1) is 5.00 Å². The van der Waals surface area contributed by atoms with E-state index >= 15 is 0 Å². The summed E-state index contributed by atoms with van der Waals surface area (Å²) >= 11 is 1.42. The molecule has 0 bridgehead atoms. The number of rotatable bonds is 1. The first-order chi connectivity index (χ1) is 6.58. The number of nitrogen functional groups attached to an aromatic ring is 1. The number of halogens is 2. The van der Waals surface area contributed by atoms with Gasteiger partial charge >= 0.3 is 0 Å². The van der Waals surface area contributed by atoms with Crippen LogP contribution in [0.25, 0.3) is 10.1 Å². The zero-order valence-electron chi connectivity index (χ0n) is 7.55. The Kier molecular flexibility index (Phi) is 2.15. The first-order valence-corrected chi connectivity index (χ1v) is 4.97. The quantitative estimate of drug-likeness (QED) is 0.767. The third-order valence-electron chi connectivity index (χ3n) is 2.16. The summed E-state index contributed by atoms with van der Waals surface area (Å²) in [6, 6.07) is 5.01. The summed E-state index contributed by atoms with van der Waals surface area (Å²) in [5.41, 5.74) is 6.31. The van der Waals surface area contributed by atoms with Gasteiger partial charge in [0, 0.05) is 10.3 Å². The maximum atomic E-state index is 12.5. The smallest absolute Gasteiger partial charge is 0.264 e. The van der Waals surface area contributed by atoms with Crippen LogP contribution in [-0.4, -0.2) is 0 Å². The van der Waals surface area contributed by atoms with Gasteiger partial charge in [-0.1, -0.05) is 0 Å². The zero-order valence-corrected chi connectivity index (χ0v) is 8.37. The Balaban J connectivity index is 2.70. The van der Waals surface area contributed by atoms with Gasteiger partial charge in [-0.25, -0.2) is 8.78 Å². The molecule has 1 nitrogen and oxygen atoms in total. The first kappa shape index (κ1) is 9.40. The van der Waals surface area contributed by atoms with E-state index in [1.807, 2.05) is 0 Å². The lowest BCUT2D eigenvalue weighted by molar-refractivity contribution is 0.151. The molecule has 0 amide bonds. The Morgan fingerprint density at radius 3 is 2.64 bits per heavy atom. The Hall–Kier alpha value is -1.16. The van der Waals surface area contributed by atoms with E-state index in [-0.39, 0.29) is 5.56 Å². The SMILES string of the molecule is Cc1cc2sc(N)cc2cc1C(F)F.